The lowest BCUT2D eigenvalue weighted by Crippen LogP contribution is -2.35. The van der Waals surface area contributed by atoms with Crippen LogP contribution in [0.15, 0.2) is 33.9 Å². The van der Waals surface area contributed by atoms with E-state index >= 15 is 0 Å². The molecule has 0 spiro atoms. The molecular weight excluding hydrogens is 252 g/mol. The summed E-state index contributed by atoms with van der Waals surface area (Å²) in [7, 11) is 0. The third kappa shape index (κ3) is 1.99. The maximum atomic E-state index is 12.1. The second kappa shape index (κ2) is 4.82. The fraction of sp³-hybridized carbons (Fsp3) is 0.231. The van der Waals surface area contributed by atoms with Crippen LogP contribution in [0, 0.1) is 6.92 Å². The van der Waals surface area contributed by atoms with Crippen LogP contribution < -0.4 is 11.2 Å². The number of nitrogens with one attached hydrogen (secondary N) is 1. The number of aromatic nitrogens is 2. The number of H-pyrrole nitrogens is 1. The molecule has 0 aliphatic carbocycles. The van der Waals surface area contributed by atoms with E-state index in [0.717, 1.165) is 16.6 Å². The van der Waals surface area contributed by atoms with Gasteiger partial charge in [-0.2, -0.15) is 0 Å². The fourth-order valence-electron chi connectivity index (χ4n) is 1.84. The van der Waals surface area contributed by atoms with Gasteiger partial charge in [0.2, 0.25) is 0 Å². The van der Waals surface area contributed by atoms with E-state index in [4.69, 9.17) is 11.6 Å². The minimum absolute atomic E-state index is 0.0928. The van der Waals surface area contributed by atoms with Crippen LogP contribution in [0.4, 0.5) is 0 Å². The van der Waals surface area contributed by atoms with Crippen molar-refractivity contribution in [2.45, 2.75) is 20.3 Å². The third-order valence-electron chi connectivity index (χ3n) is 2.89. The summed E-state index contributed by atoms with van der Waals surface area (Å²) in [5.74, 6) is 0. The highest BCUT2D eigenvalue weighted by Crippen LogP contribution is 2.12. The first-order valence-corrected chi connectivity index (χ1v) is 6.03. The molecule has 4 nitrogen and oxygen atoms in total. The molecule has 0 aliphatic rings. The molecule has 1 heterocycles. The van der Waals surface area contributed by atoms with E-state index in [9.17, 15) is 9.59 Å². The van der Waals surface area contributed by atoms with Gasteiger partial charge in [0.25, 0.3) is 5.56 Å². The van der Waals surface area contributed by atoms with E-state index in [1.165, 1.54) is 0 Å². The predicted octanol–water partition coefficient (Wildman–Crippen LogP) is 2.05. The first-order valence-electron chi connectivity index (χ1n) is 5.66. The molecule has 0 saturated carbocycles. The molecule has 0 unspecified atom stereocenters. The molecule has 94 valence electrons. The molecule has 0 bridgehead atoms. The number of rotatable bonds is 2. The molecule has 0 saturated heterocycles. The van der Waals surface area contributed by atoms with Gasteiger partial charge in [0.1, 0.15) is 5.15 Å². The van der Waals surface area contributed by atoms with E-state index in [1.54, 1.807) is 19.1 Å². The molecular formula is C13H13ClN2O2. The summed E-state index contributed by atoms with van der Waals surface area (Å²) in [6.45, 7) is 3.56. The van der Waals surface area contributed by atoms with Gasteiger partial charge in [-0.05, 0) is 25.0 Å². The Balaban J connectivity index is 2.84. The lowest BCUT2D eigenvalue weighted by atomic mass is 10.1. The molecule has 0 radical (unpaired) electrons. The quantitative estimate of drug-likeness (QED) is 0.844. The van der Waals surface area contributed by atoms with Gasteiger partial charge in [0.05, 0.1) is 11.3 Å². The first kappa shape index (κ1) is 12.6. The lowest BCUT2D eigenvalue weighted by Gasteiger charge is -2.10. The Kier molecular flexibility index (Phi) is 3.39. The second-order valence-electron chi connectivity index (χ2n) is 3.99. The van der Waals surface area contributed by atoms with Gasteiger partial charge in [-0.3, -0.25) is 9.78 Å². The van der Waals surface area contributed by atoms with Crippen LogP contribution in [-0.2, 0) is 6.42 Å². The molecule has 2 aromatic rings. The standard InChI is InChI=1S/C13H13ClN2O2/c1-3-9-6-4-5-7-10(9)16-12(17)8(2)11(14)15-13(16)18/h4-7H,3H2,1-2H3,(H,15,18). The summed E-state index contributed by atoms with van der Waals surface area (Å²) < 4.78 is 1.13. The molecule has 0 aliphatic heterocycles. The molecule has 0 amide bonds. The minimum Gasteiger partial charge on any atom is -0.297 e. The van der Waals surface area contributed by atoms with Crippen LogP contribution in [0.2, 0.25) is 5.15 Å². The molecule has 2 rings (SSSR count). The largest absolute Gasteiger partial charge is 0.334 e. The number of benzene rings is 1. The van der Waals surface area contributed by atoms with E-state index in [2.05, 4.69) is 4.98 Å². The van der Waals surface area contributed by atoms with Gasteiger partial charge in [0, 0.05) is 0 Å². The van der Waals surface area contributed by atoms with Crippen LogP contribution in [-0.4, -0.2) is 9.55 Å². The molecule has 18 heavy (non-hydrogen) atoms. The van der Waals surface area contributed by atoms with Crippen molar-refractivity contribution in [3.8, 4) is 5.69 Å². The van der Waals surface area contributed by atoms with E-state index < -0.39 is 5.69 Å². The van der Waals surface area contributed by atoms with Gasteiger partial charge >= 0.3 is 5.69 Å². The van der Waals surface area contributed by atoms with E-state index in [1.807, 2.05) is 19.1 Å². The summed E-state index contributed by atoms with van der Waals surface area (Å²) in [4.78, 5) is 26.5. The third-order valence-corrected chi connectivity index (χ3v) is 3.26. The smallest absolute Gasteiger partial charge is 0.297 e. The van der Waals surface area contributed by atoms with Crippen molar-refractivity contribution in [2.75, 3.05) is 0 Å². The molecule has 1 N–H and O–H groups in total. The number of hydrogen-bond donors (Lipinski definition) is 1. The predicted molar refractivity (Wildman–Crippen MR) is 71.8 cm³/mol. The number of aryl methyl sites for hydroxylation is 1. The highest BCUT2D eigenvalue weighted by atomic mass is 35.5. The summed E-state index contributed by atoms with van der Waals surface area (Å²) in [5.41, 5.74) is 0.973. The molecule has 1 aromatic carbocycles. The van der Waals surface area contributed by atoms with Crippen LogP contribution in [0.1, 0.15) is 18.1 Å². The molecule has 1 aromatic heterocycles. The van der Waals surface area contributed by atoms with Crippen molar-refractivity contribution >= 4 is 11.6 Å². The lowest BCUT2D eigenvalue weighted by molar-refractivity contribution is 0.847. The summed E-state index contributed by atoms with van der Waals surface area (Å²) in [6, 6.07) is 7.32. The van der Waals surface area contributed by atoms with Gasteiger partial charge < -0.3 is 0 Å². The zero-order valence-electron chi connectivity index (χ0n) is 10.2. The monoisotopic (exact) mass is 264 g/mol. The number of para-hydroxylation sites is 1. The number of nitrogens with zero attached hydrogens (tertiary/aromatic N) is 1. The van der Waals surface area contributed by atoms with Crippen molar-refractivity contribution in [3.05, 3.63) is 61.4 Å². The average molecular weight is 265 g/mol. The van der Waals surface area contributed by atoms with Crippen LogP contribution in [0.3, 0.4) is 0 Å². The highest BCUT2D eigenvalue weighted by molar-refractivity contribution is 6.30. The van der Waals surface area contributed by atoms with Gasteiger partial charge in [-0.25, -0.2) is 9.36 Å². The Hall–Kier alpha value is -1.81. The first-order chi connectivity index (χ1) is 8.56. The average Bonchev–Trinajstić information content (AvgIpc) is 2.37. The Morgan fingerprint density at radius 3 is 2.61 bits per heavy atom. The van der Waals surface area contributed by atoms with Crippen LogP contribution in [0.25, 0.3) is 5.69 Å². The Morgan fingerprint density at radius 2 is 1.94 bits per heavy atom. The highest BCUT2D eigenvalue weighted by Gasteiger charge is 2.12. The van der Waals surface area contributed by atoms with Gasteiger partial charge in [0.15, 0.2) is 0 Å². The van der Waals surface area contributed by atoms with Gasteiger partial charge in [-0.15, -0.1) is 0 Å². The van der Waals surface area contributed by atoms with E-state index in [0.29, 0.717) is 11.3 Å². The number of hydrogen-bond acceptors (Lipinski definition) is 2. The Bertz CT molecular complexity index is 701. The van der Waals surface area contributed by atoms with Crippen LogP contribution >= 0.6 is 11.6 Å². The Labute approximate surface area is 109 Å². The molecule has 0 fully saturated rings. The SMILES string of the molecule is CCc1ccccc1-n1c(=O)[nH]c(Cl)c(C)c1=O. The van der Waals surface area contributed by atoms with Crippen molar-refractivity contribution in [2.24, 2.45) is 0 Å². The maximum absolute atomic E-state index is 12.1. The van der Waals surface area contributed by atoms with Crippen molar-refractivity contribution in [3.63, 3.8) is 0 Å². The summed E-state index contributed by atoms with van der Waals surface area (Å²) in [6.07, 6.45) is 0.740. The van der Waals surface area contributed by atoms with Crippen molar-refractivity contribution in [1.82, 2.24) is 9.55 Å². The number of aromatic amines is 1. The molecule has 5 heteroatoms. The summed E-state index contributed by atoms with van der Waals surface area (Å²) in [5, 5.41) is 0.0928. The zero-order chi connectivity index (χ0) is 13.3. The normalized spacial score (nSPS) is 10.6. The zero-order valence-corrected chi connectivity index (χ0v) is 10.9. The maximum Gasteiger partial charge on any atom is 0.334 e. The van der Waals surface area contributed by atoms with Gasteiger partial charge in [-0.1, -0.05) is 36.7 Å². The Morgan fingerprint density at radius 1 is 1.28 bits per heavy atom. The second-order valence-corrected chi connectivity index (χ2v) is 4.37. The minimum atomic E-state index is -0.517. The van der Waals surface area contributed by atoms with Crippen molar-refractivity contribution in [1.29, 1.82) is 0 Å². The van der Waals surface area contributed by atoms with Crippen molar-refractivity contribution < 1.29 is 0 Å². The topological polar surface area (TPSA) is 54.9 Å². The number of halogens is 1. The fourth-order valence-corrected chi connectivity index (χ4v) is 2.01. The molecule has 0 atom stereocenters. The van der Waals surface area contributed by atoms with E-state index in [-0.39, 0.29) is 10.7 Å². The summed E-state index contributed by atoms with van der Waals surface area (Å²) >= 11 is 5.78. The van der Waals surface area contributed by atoms with Crippen LogP contribution in [0.5, 0.6) is 0 Å².